The number of piperazine rings is 1. The number of carbonyl (C=O) groups excluding carboxylic acids is 3. The van der Waals surface area contributed by atoms with Gasteiger partial charge in [0, 0.05) is 19.6 Å². The summed E-state index contributed by atoms with van der Waals surface area (Å²) in [7, 11) is 0. The Balaban J connectivity index is 1.61. The van der Waals surface area contributed by atoms with Crippen molar-refractivity contribution in [3.05, 3.63) is 35.9 Å². The number of nitrogens with zero attached hydrogens (tertiary/aromatic N) is 2. The number of unbranched alkanes of at least 4 members (excludes halogenated alkanes) is 1. The first-order chi connectivity index (χ1) is 17.0. The van der Waals surface area contributed by atoms with Gasteiger partial charge in [0.15, 0.2) is 0 Å². The molecule has 1 aromatic carbocycles. The summed E-state index contributed by atoms with van der Waals surface area (Å²) in [5.41, 5.74) is -0.0962. The Hall–Kier alpha value is -2.41. The summed E-state index contributed by atoms with van der Waals surface area (Å²) in [6.45, 7) is 12.3. The van der Waals surface area contributed by atoms with Crippen molar-refractivity contribution in [2.75, 3.05) is 26.2 Å². The molecule has 1 N–H and O–H groups in total. The number of nitrogens with one attached hydrogen (secondary N) is 1. The number of ether oxygens (including phenoxy) is 1. The molecule has 2 amide bonds. The van der Waals surface area contributed by atoms with E-state index < -0.39 is 17.2 Å². The Labute approximate surface area is 216 Å². The minimum absolute atomic E-state index is 0.0665. The van der Waals surface area contributed by atoms with E-state index >= 15 is 0 Å². The third-order valence-corrected chi connectivity index (χ3v) is 7.19. The third-order valence-electron chi connectivity index (χ3n) is 7.19. The molecule has 0 aliphatic carbocycles. The van der Waals surface area contributed by atoms with E-state index in [4.69, 9.17) is 4.74 Å². The van der Waals surface area contributed by atoms with Gasteiger partial charge >= 0.3 is 5.97 Å². The van der Waals surface area contributed by atoms with Crippen molar-refractivity contribution in [2.45, 2.75) is 96.7 Å². The number of aryl methyl sites for hydroxylation is 1. The second-order valence-corrected chi connectivity index (χ2v) is 11.8. The molecule has 2 aliphatic heterocycles. The summed E-state index contributed by atoms with van der Waals surface area (Å²) in [5.74, 6) is -0.199. The molecule has 3 rings (SSSR count). The van der Waals surface area contributed by atoms with Crippen LogP contribution in [0.3, 0.4) is 0 Å². The third kappa shape index (κ3) is 7.55. The van der Waals surface area contributed by atoms with Crippen molar-refractivity contribution in [1.82, 2.24) is 15.1 Å². The molecule has 2 fully saturated rings. The van der Waals surface area contributed by atoms with Crippen LogP contribution in [0.1, 0.15) is 78.7 Å². The summed E-state index contributed by atoms with van der Waals surface area (Å²) in [6.07, 6.45) is 5.17. The van der Waals surface area contributed by atoms with Crippen molar-refractivity contribution in [2.24, 2.45) is 5.92 Å². The quantitative estimate of drug-likeness (QED) is 0.390. The van der Waals surface area contributed by atoms with Crippen molar-refractivity contribution in [3.63, 3.8) is 0 Å². The normalized spacial score (nSPS) is 20.6. The van der Waals surface area contributed by atoms with Gasteiger partial charge in [-0.3, -0.25) is 14.4 Å². The number of amides is 2. The highest BCUT2D eigenvalue weighted by atomic mass is 16.6. The van der Waals surface area contributed by atoms with E-state index in [1.54, 1.807) is 4.90 Å². The molecule has 1 aromatic rings. The molecule has 36 heavy (non-hydrogen) atoms. The van der Waals surface area contributed by atoms with Crippen molar-refractivity contribution in [1.29, 1.82) is 0 Å². The summed E-state index contributed by atoms with van der Waals surface area (Å²) >= 11 is 0. The lowest BCUT2D eigenvalue weighted by Crippen LogP contribution is -2.73. The Morgan fingerprint density at radius 2 is 1.75 bits per heavy atom. The van der Waals surface area contributed by atoms with Crippen LogP contribution in [0.2, 0.25) is 0 Å². The van der Waals surface area contributed by atoms with Crippen LogP contribution in [0.4, 0.5) is 0 Å². The van der Waals surface area contributed by atoms with Crippen LogP contribution in [0.15, 0.2) is 30.3 Å². The second-order valence-electron chi connectivity index (χ2n) is 11.8. The average molecular weight is 500 g/mol. The molecule has 0 aromatic heterocycles. The van der Waals surface area contributed by atoms with Gasteiger partial charge in [0.25, 0.3) is 0 Å². The number of benzene rings is 1. The Kier molecular flexibility index (Phi) is 9.56. The molecule has 1 unspecified atom stereocenters. The first kappa shape index (κ1) is 28.2. The van der Waals surface area contributed by atoms with E-state index in [0.717, 1.165) is 38.9 Å². The molecular weight excluding hydrogens is 454 g/mol. The largest absolute Gasteiger partial charge is 0.460 e. The molecule has 0 bridgehead atoms. The van der Waals surface area contributed by atoms with Gasteiger partial charge in [-0.25, -0.2) is 0 Å². The molecule has 7 heteroatoms. The van der Waals surface area contributed by atoms with E-state index in [-0.39, 0.29) is 36.7 Å². The zero-order valence-electron chi connectivity index (χ0n) is 22.8. The van der Waals surface area contributed by atoms with Gasteiger partial charge in [0.05, 0.1) is 6.42 Å². The predicted octanol–water partition coefficient (Wildman–Crippen LogP) is 3.95. The first-order valence-electron chi connectivity index (χ1n) is 13.6. The summed E-state index contributed by atoms with van der Waals surface area (Å²) in [5, 5.41) is 3.03. The lowest BCUT2D eigenvalue weighted by molar-refractivity contribution is -0.165. The number of hydrogen-bond acceptors (Lipinski definition) is 5. The fraction of sp³-hybridized carbons (Fsp3) is 0.690. The van der Waals surface area contributed by atoms with E-state index in [2.05, 4.69) is 34.5 Å². The Morgan fingerprint density at radius 3 is 2.36 bits per heavy atom. The molecular formula is C29H45N3O4. The van der Waals surface area contributed by atoms with Gasteiger partial charge in [-0.1, -0.05) is 44.2 Å². The molecule has 200 valence electrons. The first-order valence-corrected chi connectivity index (χ1v) is 13.6. The highest BCUT2D eigenvalue weighted by Gasteiger charge is 2.53. The Bertz CT molecular complexity index is 886. The fourth-order valence-corrected chi connectivity index (χ4v) is 5.38. The lowest BCUT2D eigenvalue weighted by atomic mass is 9.80. The summed E-state index contributed by atoms with van der Waals surface area (Å²) < 4.78 is 5.48. The van der Waals surface area contributed by atoms with E-state index in [0.29, 0.717) is 19.3 Å². The zero-order chi connectivity index (χ0) is 26.3. The highest BCUT2D eigenvalue weighted by molar-refractivity contribution is 6.00. The van der Waals surface area contributed by atoms with Crippen LogP contribution in [0.25, 0.3) is 0 Å². The summed E-state index contributed by atoms with van der Waals surface area (Å²) in [4.78, 5) is 43.6. The maximum atomic E-state index is 13.6. The number of hydrogen-bond donors (Lipinski definition) is 1. The van der Waals surface area contributed by atoms with E-state index in [1.807, 2.05) is 40.7 Å². The number of likely N-dealkylation sites (tertiary alicyclic amines) is 1. The number of carbonyl (C=O) groups is 3. The maximum absolute atomic E-state index is 13.6. The second kappa shape index (κ2) is 12.2. The predicted molar refractivity (Wildman–Crippen MR) is 141 cm³/mol. The fourth-order valence-electron chi connectivity index (χ4n) is 5.38. The minimum atomic E-state index is -0.882. The summed E-state index contributed by atoms with van der Waals surface area (Å²) in [6, 6.07) is 10.0. The van der Waals surface area contributed by atoms with Crippen LogP contribution in [-0.2, 0) is 25.5 Å². The van der Waals surface area contributed by atoms with Crippen LogP contribution in [0.5, 0.6) is 0 Å². The Morgan fingerprint density at radius 1 is 1.08 bits per heavy atom. The lowest BCUT2D eigenvalue weighted by Gasteiger charge is -2.51. The molecule has 1 spiro atoms. The standard InChI is InChI=1S/C29H45N3O4/c1-22(2)21-24-26(34)32(18-14-25(33)36-28(3,4)5)29(27(35)30-24)15-19-31(20-16-29)17-10-9-13-23-11-7-6-8-12-23/h6-8,11-12,22,24H,9-10,13-21H2,1-5H3,(H,30,35). The van der Waals surface area contributed by atoms with Gasteiger partial charge in [0.1, 0.15) is 17.2 Å². The monoisotopic (exact) mass is 499 g/mol. The molecule has 2 heterocycles. The average Bonchev–Trinajstić information content (AvgIpc) is 2.80. The number of piperidine rings is 1. The maximum Gasteiger partial charge on any atom is 0.308 e. The van der Waals surface area contributed by atoms with Crippen LogP contribution >= 0.6 is 0 Å². The number of esters is 1. The molecule has 2 saturated heterocycles. The highest BCUT2D eigenvalue weighted by Crippen LogP contribution is 2.34. The molecule has 2 aliphatic rings. The van der Waals surface area contributed by atoms with Crippen molar-refractivity contribution in [3.8, 4) is 0 Å². The van der Waals surface area contributed by atoms with Crippen LogP contribution in [-0.4, -0.2) is 70.9 Å². The van der Waals surface area contributed by atoms with Crippen molar-refractivity contribution >= 4 is 17.8 Å². The molecule has 1 atom stereocenters. The SMILES string of the molecule is CC(C)CC1NC(=O)C2(CCN(CCCCc3ccccc3)CC2)N(CCC(=O)OC(C)(C)C)C1=O. The van der Waals surface area contributed by atoms with Crippen molar-refractivity contribution < 1.29 is 19.1 Å². The van der Waals surface area contributed by atoms with Gasteiger partial charge in [-0.2, -0.15) is 0 Å². The zero-order valence-corrected chi connectivity index (χ0v) is 22.8. The molecule has 0 radical (unpaired) electrons. The number of rotatable bonds is 10. The van der Waals surface area contributed by atoms with Crippen LogP contribution in [0, 0.1) is 5.92 Å². The van der Waals surface area contributed by atoms with E-state index in [1.165, 1.54) is 5.56 Å². The molecule has 0 saturated carbocycles. The minimum Gasteiger partial charge on any atom is -0.460 e. The van der Waals surface area contributed by atoms with E-state index in [9.17, 15) is 14.4 Å². The van der Waals surface area contributed by atoms with Gasteiger partial charge < -0.3 is 19.9 Å². The topological polar surface area (TPSA) is 79.0 Å². The smallest absolute Gasteiger partial charge is 0.308 e. The van der Waals surface area contributed by atoms with Gasteiger partial charge in [-0.15, -0.1) is 0 Å². The van der Waals surface area contributed by atoms with Gasteiger partial charge in [0.2, 0.25) is 11.8 Å². The van der Waals surface area contributed by atoms with Crippen LogP contribution < -0.4 is 5.32 Å². The molecule has 7 nitrogen and oxygen atoms in total. The van der Waals surface area contributed by atoms with Gasteiger partial charge in [-0.05, 0) is 77.3 Å².